The molecule has 1 rings (SSSR count). The maximum Gasteiger partial charge on any atom is 0.149 e. The molecule has 0 amide bonds. The first-order valence-electron chi connectivity index (χ1n) is 2.84. The van der Waals surface area contributed by atoms with Gasteiger partial charge in [-0.25, -0.2) is 0 Å². The fourth-order valence-electron chi connectivity index (χ4n) is 0.773. The lowest BCUT2D eigenvalue weighted by atomic mass is 9.67. The Bertz CT molecular complexity index is 50.0. The van der Waals surface area contributed by atoms with E-state index in [0.717, 1.165) is 6.61 Å². The molecule has 1 radical (unpaired) electrons. The van der Waals surface area contributed by atoms with E-state index < -0.39 is 0 Å². The summed E-state index contributed by atoms with van der Waals surface area (Å²) in [5, 5.41) is 0. The first kappa shape index (κ1) is 5.17. The van der Waals surface area contributed by atoms with Gasteiger partial charge in [0.2, 0.25) is 0 Å². The number of ether oxygens (including phenoxy) is 1. The summed E-state index contributed by atoms with van der Waals surface area (Å²) in [6, 6.07) is 0.411. The van der Waals surface area contributed by atoms with Gasteiger partial charge in [0, 0.05) is 12.6 Å². The molecule has 1 atom stereocenters. The van der Waals surface area contributed by atoms with Crippen LogP contribution in [0.1, 0.15) is 13.3 Å². The third kappa shape index (κ3) is 1.52. The summed E-state index contributed by atoms with van der Waals surface area (Å²) in [6.07, 6.45) is 2.45. The van der Waals surface area contributed by atoms with Gasteiger partial charge >= 0.3 is 0 Å². The van der Waals surface area contributed by atoms with Gasteiger partial charge in [0.1, 0.15) is 7.28 Å². The standard InChI is InChI=1S/C5H10BO/c1-5-6-3-2-4-7-5/h5H,2-4H2,1H3. The summed E-state index contributed by atoms with van der Waals surface area (Å²) in [5.41, 5.74) is 0. The number of rotatable bonds is 0. The van der Waals surface area contributed by atoms with E-state index in [1.807, 2.05) is 0 Å². The molecule has 2 heteroatoms. The molecule has 0 aromatic rings. The average molecular weight is 96.9 g/mol. The van der Waals surface area contributed by atoms with E-state index in [-0.39, 0.29) is 0 Å². The van der Waals surface area contributed by atoms with Crippen molar-refractivity contribution in [2.75, 3.05) is 6.61 Å². The lowest BCUT2D eigenvalue weighted by Gasteiger charge is -2.16. The summed E-state index contributed by atoms with van der Waals surface area (Å²) < 4.78 is 5.22. The molecule has 1 aliphatic rings. The zero-order valence-corrected chi connectivity index (χ0v) is 4.68. The average Bonchev–Trinajstić information content (AvgIpc) is 1.69. The predicted molar refractivity (Wildman–Crippen MR) is 30.6 cm³/mol. The molecule has 39 valence electrons. The van der Waals surface area contributed by atoms with Gasteiger partial charge in [-0.2, -0.15) is 0 Å². The van der Waals surface area contributed by atoms with Gasteiger partial charge in [-0.05, 0) is 13.3 Å². The highest BCUT2D eigenvalue weighted by Crippen LogP contribution is 2.03. The summed E-state index contributed by atoms with van der Waals surface area (Å²) in [7, 11) is 2.21. The Balaban J connectivity index is 2.12. The Kier molecular flexibility index (Phi) is 1.74. The molecule has 1 fully saturated rings. The van der Waals surface area contributed by atoms with E-state index in [1.54, 1.807) is 0 Å². The van der Waals surface area contributed by atoms with Gasteiger partial charge in [-0.1, -0.05) is 6.32 Å². The molecular formula is C5H10BO. The summed E-state index contributed by atoms with van der Waals surface area (Å²) in [4.78, 5) is 0. The first-order valence-corrected chi connectivity index (χ1v) is 2.84. The van der Waals surface area contributed by atoms with Crippen molar-refractivity contribution in [3.63, 3.8) is 0 Å². The maximum atomic E-state index is 5.22. The van der Waals surface area contributed by atoms with Crippen LogP contribution in [0.3, 0.4) is 0 Å². The SMILES string of the molecule is CC1[B]CCCO1. The molecule has 1 nitrogen and oxygen atoms in total. The van der Waals surface area contributed by atoms with Crippen LogP contribution in [-0.4, -0.2) is 19.9 Å². The van der Waals surface area contributed by atoms with Gasteiger partial charge in [0.25, 0.3) is 0 Å². The van der Waals surface area contributed by atoms with Gasteiger partial charge < -0.3 is 4.74 Å². The van der Waals surface area contributed by atoms with Gasteiger partial charge in [0.15, 0.2) is 0 Å². The smallest absolute Gasteiger partial charge is 0.149 e. The Morgan fingerprint density at radius 1 is 1.71 bits per heavy atom. The van der Waals surface area contributed by atoms with Crippen molar-refractivity contribution in [3.8, 4) is 0 Å². The van der Waals surface area contributed by atoms with Crippen molar-refractivity contribution in [1.82, 2.24) is 0 Å². The molecule has 0 N–H and O–H groups in total. The van der Waals surface area contributed by atoms with Crippen molar-refractivity contribution >= 4 is 7.28 Å². The minimum atomic E-state index is 0.411. The van der Waals surface area contributed by atoms with Crippen LogP contribution in [0.5, 0.6) is 0 Å². The van der Waals surface area contributed by atoms with Crippen molar-refractivity contribution in [3.05, 3.63) is 0 Å². The first-order chi connectivity index (χ1) is 3.39. The molecule has 1 unspecified atom stereocenters. The molecule has 0 aromatic carbocycles. The third-order valence-electron chi connectivity index (χ3n) is 1.23. The van der Waals surface area contributed by atoms with Crippen molar-refractivity contribution in [2.45, 2.75) is 25.7 Å². The quantitative estimate of drug-likeness (QED) is 0.407. The largest absolute Gasteiger partial charge is 0.388 e. The minimum absolute atomic E-state index is 0.411. The van der Waals surface area contributed by atoms with Crippen LogP contribution >= 0.6 is 0 Å². The fraction of sp³-hybridized carbons (Fsp3) is 1.00. The molecule has 1 heterocycles. The third-order valence-corrected chi connectivity index (χ3v) is 1.23. The number of hydrogen-bond donors (Lipinski definition) is 0. The normalized spacial score (nSPS) is 31.9. The van der Waals surface area contributed by atoms with Gasteiger partial charge in [-0.3, -0.25) is 0 Å². The van der Waals surface area contributed by atoms with Gasteiger partial charge in [-0.15, -0.1) is 0 Å². The van der Waals surface area contributed by atoms with Crippen LogP contribution in [0, 0.1) is 0 Å². The van der Waals surface area contributed by atoms with Crippen molar-refractivity contribution in [1.29, 1.82) is 0 Å². The van der Waals surface area contributed by atoms with Gasteiger partial charge in [0.05, 0.1) is 0 Å². The van der Waals surface area contributed by atoms with Crippen LogP contribution in [0.4, 0.5) is 0 Å². The molecule has 1 aliphatic heterocycles. The number of hydrogen-bond acceptors (Lipinski definition) is 1. The van der Waals surface area contributed by atoms with Crippen LogP contribution in [-0.2, 0) is 4.74 Å². The Morgan fingerprint density at radius 3 is 2.86 bits per heavy atom. The molecule has 0 aromatic heterocycles. The van der Waals surface area contributed by atoms with Crippen molar-refractivity contribution in [2.24, 2.45) is 0 Å². The Hall–Kier alpha value is 0.0249. The Labute approximate surface area is 45.3 Å². The van der Waals surface area contributed by atoms with Crippen LogP contribution in [0.2, 0.25) is 6.32 Å². The molecule has 0 saturated carbocycles. The van der Waals surface area contributed by atoms with Crippen LogP contribution in [0.15, 0.2) is 0 Å². The second-order valence-electron chi connectivity index (χ2n) is 1.95. The lowest BCUT2D eigenvalue weighted by Crippen LogP contribution is -2.22. The summed E-state index contributed by atoms with van der Waals surface area (Å²) in [5.74, 6) is 0. The lowest BCUT2D eigenvalue weighted by molar-refractivity contribution is 0.106. The summed E-state index contributed by atoms with van der Waals surface area (Å²) in [6.45, 7) is 3.04. The van der Waals surface area contributed by atoms with E-state index in [1.165, 1.54) is 12.7 Å². The molecule has 0 spiro atoms. The van der Waals surface area contributed by atoms with E-state index >= 15 is 0 Å². The summed E-state index contributed by atoms with van der Waals surface area (Å²) >= 11 is 0. The molecule has 7 heavy (non-hydrogen) atoms. The highest BCUT2D eigenvalue weighted by Gasteiger charge is 2.07. The Morgan fingerprint density at radius 2 is 2.57 bits per heavy atom. The minimum Gasteiger partial charge on any atom is -0.388 e. The monoisotopic (exact) mass is 97.1 g/mol. The van der Waals surface area contributed by atoms with Crippen molar-refractivity contribution < 1.29 is 4.74 Å². The zero-order chi connectivity index (χ0) is 5.11. The van der Waals surface area contributed by atoms with E-state index in [4.69, 9.17) is 4.74 Å². The van der Waals surface area contributed by atoms with Crippen LogP contribution in [0.25, 0.3) is 0 Å². The topological polar surface area (TPSA) is 9.23 Å². The molecular weight excluding hydrogens is 86.9 g/mol. The fourth-order valence-corrected chi connectivity index (χ4v) is 0.773. The molecule has 1 saturated heterocycles. The van der Waals surface area contributed by atoms with Crippen LogP contribution < -0.4 is 0 Å². The van der Waals surface area contributed by atoms with E-state index in [2.05, 4.69) is 14.2 Å². The highest BCUT2D eigenvalue weighted by atomic mass is 16.5. The second kappa shape index (κ2) is 2.36. The molecule has 0 aliphatic carbocycles. The maximum absolute atomic E-state index is 5.22. The second-order valence-corrected chi connectivity index (χ2v) is 1.95. The highest BCUT2D eigenvalue weighted by molar-refractivity contribution is 6.37. The molecule has 0 bridgehead atoms. The predicted octanol–water partition coefficient (Wildman–Crippen LogP) is 0.875. The van der Waals surface area contributed by atoms with E-state index in [9.17, 15) is 0 Å². The zero-order valence-electron chi connectivity index (χ0n) is 4.68. The van der Waals surface area contributed by atoms with E-state index in [0.29, 0.717) is 6.00 Å².